The lowest BCUT2D eigenvalue weighted by atomic mass is 9.75. The molecule has 57 heavy (non-hydrogen) atoms. The summed E-state index contributed by atoms with van der Waals surface area (Å²) in [5.41, 5.74) is -0.0944. The van der Waals surface area contributed by atoms with E-state index in [1.54, 1.807) is 39.1 Å². The Morgan fingerprint density at radius 3 is 2.49 bits per heavy atom. The third kappa shape index (κ3) is 10.00. The molecule has 5 rings (SSSR count). The Bertz CT molecular complexity index is 1820. The minimum atomic E-state index is -1.79. The molecule has 3 fully saturated rings. The maximum atomic E-state index is 14.3. The number of cyclic esters (lactones) is 1. The lowest BCUT2D eigenvalue weighted by Crippen LogP contribution is -2.60. The van der Waals surface area contributed by atoms with Crippen LogP contribution in [-0.4, -0.2) is 120 Å². The van der Waals surface area contributed by atoms with Crippen LogP contribution in [-0.2, 0) is 42.8 Å². The van der Waals surface area contributed by atoms with Gasteiger partial charge in [-0.1, -0.05) is 45.9 Å². The number of Topliss-reactive ketones (excluding diaryl/α,β-unsaturated/α-hetero) is 2. The number of ether oxygens (including phenoxy) is 6. The molecule has 2 unspecified atom stereocenters. The van der Waals surface area contributed by atoms with Crippen LogP contribution in [0.5, 0.6) is 0 Å². The maximum Gasteiger partial charge on any atom is 0.509 e. The second kappa shape index (κ2) is 18.4. The van der Waals surface area contributed by atoms with Crippen molar-refractivity contribution >= 4 is 46.8 Å². The maximum absolute atomic E-state index is 14.3. The molecule has 0 saturated carbocycles. The predicted molar refractivity (Wildman–Crippen MR) is 208 cm³/mol. The number of likely N-dealkylation sites (N-methyl/N-ethyl adjacent to an activating group) is 1. The number of esters is 1. The van der Waals surface area contributed by atoms with Crippen LogP contribution in [0.25, 0.3) is 17.0 Å². The first-order chi connectivity index (χ1) is 26.9. The number of nitrogens with one attached hydrogen (secondary N) is 1. The molecule has 2 N–H and O–H groups in total. The van der Waals surface area contributed by atoms with Crippen molar-refractivity contribution in [2.24, 2.45) is 23.7 Å². The fourth-order valence-corrected chi connectivity index (χ4v) is 8.32. The van der Waals surface area contributed by atoms with Crippen molar-refractivity contribution in [1.29, 1.82) is 0 Å². The van der Waals surface area contributed by atoms with Crippen molar-refractivity contribution < 1.29 is 57.5 Å². The smallest absolute Gasteiger partial charge is 0.458 e. The number of ketones is 2. The van der Waals surface area contributed by atoms with Gasteiger partial charge in [0.15, 0.2) is 18.2 Å². The van der Waals surface area contributed by atoms with E-state index in [2.05, 4.69) is 10.3 Å². The molecule has 4 heterocycles. The van der Waals surface area contributed by atoms with Gasteiger partial charge in [-0.15, -0.1) is 0 Å². The lowest BCUT2D eigenvalue weighted by molar-refractivity contribution is -0.293. The summed E-state index contributed by atoms with van der Waals surface area (Å²) in [7, 11) is 3.64. The zero-order chi connectivity index (χ0) is 41.8. The highest BCUT2D eigenvalue weighted by atomic mass is 16.8. The number of rotatable bonds is 8. The molecular formula is C42H57N3O12. The number of aromatic nitrogens is 1. The predicted octanol–water partition coefficient (Wildman–Crippen LogP) is 4.86. The lowest BCUT2D eigenvalue weighted by Gasteiger charge is -2.46. The number of nitrogens with zero attached hydrogens (tertiary/aromatic N) is 2. The zero-order valence-corrected chi connectivity index (χ0v) is 34.2. The molecule has 0 spiro atoms. The molecule has 13 atom stereocenters. The van der Waals surface area contributed by atoms with Crippen molar-refractivity contribution in [1.82, 2.24) is 15.2 Å². The number of amides is 1. The van der Waals surface area contributed by atoms with Gasteiger partial charge in [0.2, 0.25) is 0 Å². The van der Waals surface area contributed by atoms with Gasteiger partial charge < -0.3 is 43.7 Å². The first-order valence-corrected chi connectivity index (χ1v) is 19.7. The molecule has 3 saturated heterocycles. The van der Waals surface area contributed by atoms with Crippen molar-refractivity contribution in [3.05, 3.63) is 48.2 Å². The summed E-state index contributed by atoms with van der Waals surface area (Å²) in [6.45, 7) is 11.2. The summed E-state index contributed by atoms with van der Waals surface area (Å²) in [6, 6.07) is 8.25. The monoisotopic (exact) mass is 795 g/mol. The van der Waals surface area contributed by atoms with E-state index in [-0.39, 0.29) is 37.4 Å². The summed E-state index contributed by atoms with van der Waals surface area (Å²) in [6.07, 6.45) is -2.33. The fourth-order valence-electron chi connectivity index (χ4n) is 8.32. The number of carbonyl (C=O) groups excluding carboxylic acids is 5. The number of carbonyl (C=O) groups is 5. The molecule has 1 aromatic heterocycles. The Morgan fingerprint density at radius 2 is 1.79 bits per heavy atom. The quantitative estimate of drug-likeness (QED) is 0.209. The van der Waals surface area contributed by atoms with Crippen molar-refractivity contribution in [3.63, 3.8) is 0 Å². The number of hydrogen-bond donors (Lipinski definition) is 2. The number of benzene rings is 1. The number of fused-ring (bicyclic) bond motifs is 2. The van der Waals surface area contributed by atoms with E-state index in [0.29, 0.717) is 6.42 Å². The molecule has 0 radical (unpaired) electrons. The molecule has 2 aromatic rings. The van der Waals surface area contributed by atoms with E-state index in [0.717, 1.165) is 16.5 Å². The highest BCUT2D eigenvalue weighted by molar-refractivity contribution is 6.00. The Hall–Kier alpha value is -4.44. The first-order valence-electron chi connectivity index (χ1n) is 19.7. The highest BCUT2D eigenvalue weighted by Gasteiger charge is 2.53. The Kier molecular flexibility index (Phi) is 14.1. The molecule has 3 aliphatic heterocycles. The molecule has 3 aliphatic rings. The van der Waals surface area contributed by atoms with Crippen LogP contribution in [0.3, 0.4) is 0 Å². The normalized spacial score (nSPS) is 35.6. The van der Waals surface area contributed by atoms with E-state index in [1.165, 1.54) is 20.8 Å². The van der Waals surface area contributed by atoms with Gasteiger partial charge in [0.05, 0.1) is 17.7 Å². The van der Waals surface area contributed by atoms with Crippen LogP contribution in [0, 0.1) is 23.7 Å². The summed E-state index contributed by atoms with van der Waals surface area (Å²) in [5, 5.41) is 15.2. The summed E-state index contributed by atoms with van der Waals surface area (Å²) in [5.74, 6) is -5.98. The highest BCUT2D eigenvalue weighted by Crippen LogP contribution is 2.38. The summed E-state index contributed by atoms with van der Waals surface area (Å²) in [4.78, 5) is 74.6. The second-order valence-corrected chi connectivity index (χ2v) is 16.1. The van der Waals surface area contributed by atoms with Gasteiger partial charge in [0, 0.05) is 35.4 Å². The van der Waals surface area contributed by atoms with E-state index in [1.807, 2.05) is 56.3 Å². The number of alkyl carbamates (subject to hydrolysis) is 1. The Balaban J connectivity index is 1.49. The SMILES string of the molecule is CC[C@H]1OC(=O)[C@H](C)C(=O)[C@H](C)C(OC2O[C@H](C)C[C@H](N(C)C)[C@H]2O)[C@](C)(OC(=O)OC/C=C/c2ccc3ncccc3c2)C[C@@H](C)C(=O)[C@H](C)[C@@H]2NC(=O)O[C@@H]21. The summed E-state index contributed by atoms with van der Waals surface area (Å²) >= 11 is 0. The third-order valence-electron chi connectivity index (χ3n) is 11.5. The molecule has 15 heteroatoms. The van der Waals surface area contributed by atoms with Crippen LogP contribution < -0.4 is 5.32 Å². The van der Waals surface area contributed by atoms with E-state index in [4.69, 9.17) is 28.4 Å². The van der Waals surface area contributed by atoms with E-state index < -0.39 is 90.0 Å². The topological polar surface area (TPSA) is 189 Å². The number of aliphatic hydroxyl groups excluding tert-OH is 1. The van der Waals surface area contributed by atoms with Gasteiger partial charge in [-0.05, 0) is 84.0 Å². The third-order valence-corrected chi connectivity index (χ3v) is 11.5. The summed E-state index contributed by atoms with van der Waals surface area (Å²) < 4.78 is 35.7. The molecule has 312 valence electrons. The Morgan fingerprint density at radius 1 is 1.05 bits per heavy atom. The van der Waals surface area contributed by atoms with Crippen molar-refractivity contribution in [3.8, 4) is 0 Å². The number of hydrogen-bond acceptors (Lipinski definition) is 14. The van der Waals surface area contributed by atoms with Crippen LogP contribution in [0.15, 0.2) is 42.6 Å². The minimum Gasteiger partial charge on any atom is -0.458 e. The second-order valence-electron chi connectivity index (χ2n) is 16.1. The Labute approximate surface area is 333 Å². The fraction of sp³-hybridized carbons (Fsp3) is 0.619. The van der Waals surface area contributed by atoms with E-state index in [9.17, 15) is 29.1 Å². The van der Waals surface area contributed by atoms with Gasteiger partial charge in [0.1, 0.15) is 42.2 Å². The van der Waals surface area contributed by atoms with E-state index >= 15 is 0 Å². The van der Waals surface area contributed by atoms with Crippen LogP contribution >= 0.6 is 0 Å². The molecule has 1 aromatic carbocycles. The molecule has 1 amide bonds. The standard InChI is InChI=1S/C42H57N3O12/c1-10-31-36-32(44-40(50)55-36)24(4)33(46)22(2)21-42(7,57-41(51)52-18-12-13-27-15-16-29-28(20-27)14-11-17-43-29)37(25(5)34(47)26(6)38(49)54-31)56-39-35(48)30(45(8)9)19-23(3)53-39/h11-17,20,22-26,30-32,35-37,39,48H,10,18-19,21H2,1-9H3,(H,44,50)/b13-12+/t22-,23-,24-,25+,26-,30+,31-,32+,35-,36-,37?,39?,42-/m1/s1. The molecule has 0 aliphatic carbocycles. The van der Waals surface area contributed by atoms with Gasteiger partial charge in [-0.25, -0.2) is 9.59 Å². The van der Waals surface area contributed by atoms with Crippen LogP contribution in [0.4, 0.5) is 9.59 Å². The average Bonchev–Trinajstić information content (AvgIpc) is 3.57. The number of aliphatic hydroxyl groups is 1. The van der Waals surface area contributed by atoms with Gasteiger partial charge in [0.25, 0.3) is 0 Å². The molecule has 0 bridgehead atoms. The van der Waals surface area contributed by atoms with Crippen LogP contribution in [0.1, 0.15) is 73.3 Å². The van der Waals surface area contributed by atoms with Gasteiger partial charge in [-0.2, -0.15) is 0 Å². The van der Waals surface area contributed by atoms with Gasteiger partial charge in [-0.3, -0.25) is 19.4 Å². The van der Waals surface area contributed by atoms with Crippen molar-refractivity contribution in [2.75, 3.05) is 20.7 Å². The van der Waals surface area contributed by atoms with Crippen molar-refractivity contribution in [2.45, 2.75) is 122 Å². The largest absolute Gasteiger partial charge is 0.509 e. The van der Waals surface area contributed by atoms with Gasteiger partial charge >= 0.3 is 18.2 Å². The molecule has 15 nitrogen and oxygen atoms in total. The van der Waals surface area contributed by atoms with Crippen LogP contribution in [0.2, 0.25) is 0 Å². The first kappa shape index (κ1) is 43.7. The average molecular weight is 796 g/mol. The minimum absolute atomic E-state index is 0.174. The molecular weight excluding hydrogens is 738 g/mol. The zero-order valence-electron chi connectivity index (χ0n) is 34.2. The number of pyridine rings is 1.